The maximum atomic E-state index is 9.20. The fourth-order valence-corrected chi connectivity index (χ4v) is 5.48. The lowest BCUT2D eigenvalue weighted by atomic mass is 10.1. The Labute approximate surface area is 248 Å². The Morgan fingerprint density at radius 1 is 0.814 bits per heavy atom. The molecule has 2 aromatic carbocycles. The van der Waals surface area contributed by atoms with Crippen LogP contribution < -0.4 is 10.6 Å². The summed E-state index contributed by atoms with van der Waals surface area (Å²) in [5, 5.41) is 9.20. The van der Waals surface area contributed by atoms with Crippen LogP contribution in [0.3, 0.4) is 0 Å². The lowest BCUT2D eigenvalue weighted by molar-refractivity contribution is 0.249. The number of benzene rings is 2. The Hall–Kier alpha value is -5.66. The molecule has 0 radical (unpaired) electrons. The van der Waals surface area contributed by atoms with Crippen LogP contribution in [0.1, 0.15) is 11.1 Å². The second-order valence-corrected chi connectivity index (χ2v) is 10.4. The van der Waals surface area contributed by atoms with Gasteiger partial charge in [-0.3, -0.25) is 9.47 Å². The Morgan fingerprint density at radius 3 is 2.35 bits per heavy atom. The minimum Gasteiger partial charge on any atom is -0.383 e. The van der Waals surface area contributed by atoms with Gasteiger partial charge in [-0.15, -0.1) is 0 Å². The first-order chi connectivity index (χ1) is 21.2. The maximum absolute atomic E-state index is 9.20. The summed E-state index contributed by atoms with van der Waals surface area (Å²) in [4.78, 5) is 27.5. The van der Waals surface area contributed by atoms with Crippen LogP contribution in [0.25, 0.3) is 39.5 Å². The topological polar surface area (TPSA) is 126 Å². The van der Waals surface area contributed by atoms with Gasteiger partial charge in [0.25, 0.3) is 0 Å². The quantitative estimate of drug-likeness (QED) is 0.306. The van der Waals surface area contributed by atoms with Gasteiger partial charge in [-0.2, -0.15) is 5.26 Å². The Kier molecular flexibility index (Phi) is 6.91. The van der Waals surface area contributed by atoms with Gasteiger partial charge in [0.15, 0.2) is 11.5 Å². The second-order valence-electron chi connectivity index (χ2n) is 10.4. The highest BCUT2D eigenvalue weighted by Gasteiger charge is 2.20. The van der Waals surface area contributed by atoms with Crippen LogP contribution in [-0.2, 0) is 6.54 Å². The van der Waals surface area contributed by atoms with Crippen molar-refractivity contribution >= 4 is 22.8 Å². The molecule has 10 heteroatoms. The number of nitrogens with zero attached hydrogens (tertiary/aromatic N) is 9. The molecule has 1 saturated heterocycles. The van der Waals surface area contributed by atoms with E-state index in [-0.39, 0.29) is 0 Å². The van der Waals surface area contributed by atoms with Gasteiger partial charge in [0, 0.05) is 56.4 Å². The van der Waals surface area contributed by atoms with Crippen molar-refractivity contribution in [3.8, 4) is 34.4 Å². The number of fused-ring (bicyclic) bond motifs is 1. The summed E-state index contributed by atoms with van der Waals surface area (Å²) in [6.07, 6.45) is 5.07. The van der Waals surface area contributed by atoms with E-state index in [0.29, 0.717) is 22.9 Å². The van der Waals surface area contributed by atoms with Crippen LogP contribution >= 0.6 is 0 Å². The number of imidazole rings is 1. The van der Waals surface area contributed by atoms with Gasteiger partial charge in [-0.05, 0) is 60.2 Å². The molecule has 43 heavy (non-hydrogen) atoms. The number of hydrogen-bond donors (Lipinski definition) is 1. The predicted molar refractivity (Wildman–Crippen MR) is 166 cm³/mol. The van der Waals surface area contributed by atoms with Crippen LogP contribution in [0.5, 0.6) is 0 Å². The van der Waals surface area contributed by atoms with Crippen LogP contribution in [-0.4, -0.2) is 60.6 Å². The van der Waals surface area contributed by atoms with Crippen LogP contribution in [0, 0.1) is 11.3 Å². The second kappa shape index (κ2) is 11.3. The summed E-state index contributed by atoms with van der Waals surface area (Å²) in [5.74, 6) is 2.07. The summed E-state index contributed by atoms with van der Waals surface area (Å²) in [6.45, 7) is 4.65. The molecule has 0 unspecified atom stereocenters. The van der Waals surface area contributed by atoms with Crippen molar-refractivity contribution in [3.63, 3.8) is 0 Å². The highest BCUT2D eigenvalue weighted by atomic mass is 15.3. The number of nitrogens with two attached hydrogens (primary N) is 1. The Morgan fingerprint density at radius 2 is 1.63 bits per heavy atom. The molecule has 0 atom stereocenters. The molecule has 1 aliphatic rings. The first kappa shape index (κ1) is 26.3. The van der Waals surface area contributed by atoms with Crippen molar-refractivity contribution in [2.45, 2.75) is 6.54 Å². The maximum Gasteiger partial charge on any atom is 0.165 e. The summed E-state index contributed by atoms with van der Waals surface area (Å²) >= 11 is 0. The van der Waals surface area contributed by atoms with Crippen molar-refractivity contribution in [2.24, 2.45) is 0 Å². The molecular formula is C33H28N10. The zero-order valence-corrected chi connectivity index (χ0v) is 23.4. The number of nitriles is 1. The average Bonchev–Trinajstić information content (AvgIpc) is 3.45. The third kappa shape index (κ3) is 5.25. The molecule has 0 amide bonds. The fourth-order valence-electron chi connectivity index (χ4n) is 5.48. The highest BCUT2D eigenvalue weighted by molar-refractivity contribution is 5.84. The molecule has 0 bridgehead atoms. The number of nitrogen functional groups attached to an aromatic ring is 1. The molecule has 0 saturated carbocycles. The van der Waals surface area contributed by atoms with Gasteiger partial charge in [0.05, 0.1) is 22.9 Å². The molecule has 5 heterocycles. The zero-order valence-electron chi connectivity index (χ0n) is 23.4. The first-order valence-electron chi connectivity index (χ1n) is 14.1. The normalized spacial score (nSPS) is 13.7. The third-order valence-corrected chi connectivity index (χ3v) is 7.76. The predicted octanol–water partition coefficient (Wildman–Crippen LogP) is 4.72. The van der Waals surface area contributed by atoms with Crippen molar-refractivity contribution in [1.82, 2.24) is 34.4 Å². The van der Waals surface area contributed by atoms with Crippen molar-refractivity contribution < 1.29 is 0 Å². The van der Waals surface area contributed by atoms with E-state index in [2.05, 4.69) is 55.1 Å². The van der Waals surface area contributed by atoms with E-state index in [0.717, 1.165) is 66.6 Å². The lowest BCUT2D eigenvalue weighted by Crippen LogP contribution is -2.46. The van der Waals surface area contributed by atoms with Gasteiger partial charge < -0.3 is 10.6 Å². The van der Waals surface area contributed by atoms with Crippen molar-refractivity contribution in [3.05, 3.63) is 109 Å². The number of pyridine rings is 2. The van der Waals surface area contributed by atoms with E-state index in [1.807, 2.05) is 47.0 Å². The monoisotopic (exact) mass is 564 g/mol. The number of rotatable bonds is 6. The van der Waals surface area contributed by atoms with Crippen LogP contribution in [0.2, 0.25) is 0 Å². The van der Waals surface area contributed by atoms with Crippen LogP contribution in [0.4, 0.5) is 11.6 Å². The molecule has 210 valence electrons. The zero-order chi connectivity index (χ0) is 29.2. The van der Waals surface area contributed by atoms with Crippen molar-refractivity contribution in [1.29, 1.82) is 5.26 Å². The molecule has 2 N–H and O–H groups in total. The van der Waals surface area contributed by atoms with Gasteiger partial charge in [0.1, 0.15) is 23.5 Å². The van der Waals surface area contributed by atoms with E-state index in [9.17, 15) is 5.26 Å². The summed E-state index contributed by atoms with van der Waals surface area (Å²) in [5.41, 5.74) is 13.0. The summed E-state index contributed by atoms with van der Waals surface area (Å²) < 4.78 is 2.04. The molecule has 0 aliphatic carbocycles. The van der Waals surface area contributed by atoms with E-state index >= 15 is 0 Å². The van der Waals surface area contributed by atoms with E-state index < -0.39 is 0 Å². The molecule has 4 aromatic heterocycles. The molecule has 0 spiro atoms. The smallest absolute Gasteiger partial charge is 0.165 e. The molecule has 7 rings (SSSR count). The lowest BCUT2D eigenvalue weighted by Gasteiger charge is -2.35. The molecule has 10 nitrogen and oxygen atoms in total. The summed E-state index contributed by atoms with van der Waals surface area (Å²) in [7, 11) is 0. The first-order valence-corrected chi connectivity index (χ1v) is 14.1. The van der Waals surface area contributed by atoms with Crippen molar-refractivity contribution in [2.75, 3.05) is 36.8 Å². The molecular weight excluding hydrogens is 536 g/mol. The van der Waals surface area contributed by atoms with Crippen LogP contribution in [0.15, 0.2) is 97.6 Å². The molecule has 1 aliphatic heterocycles. The standard InChI is InChI=1S/C33H28N10/c34-20-23-3-7-25(8-4-23)28-11-12-29-33(39-28)43(32(40-29)27-2-1-14-37-31(27)35)26-9-5-24(6-10-26)21-41-16-18-42(19-17-41)30-13-15-36-22-38-30/h1-15,22H,16-19,21H2,(H2,35,37). The molecule has 1 fully saturated rings. The molecule has 6 aromatic rings. The number of aromatic nitrogens is 6. The summed E-state index contributed by atoms with van der Waals surface area (Å²) in [6, 6.07) is 27.8. The number of hydrogen-bond acceptors (Lipinski definition) is 9. The highest BCUT2D eigenvalue weighted by Crippen LogP contribution is 2.32. The van der Waals surface area contributed by atoms with Gasteiger partial charge in [0.2, 0.25) is 0 Å². The third-order valence-electron chi connectivity index (χ3n) is 7.76. The van der Waals surface area contributed by atoms with E-state index in [4.69, 9.17) is 15.7 Å². The van der Waals surface area contributed by atoms with E-state index in [1.165, 1.54) is 5.56 Å². The number of anilines is 2. The largest absolute Gasteiger partial charge is 0.383 e. The average molecular weight is 565 g/mol. The number of piperazine rings is 1. The van der Waals surface area contributed by atoms with Gasteiger partial charge >= 0.3 is 0 Å². The SMILES string of the molecule is N#Cc1ccc(-c2ccc3nc(-c4cccnc4N)n(-c4ccc(CN5CCN(c6ccncn6)CC5)cc4)c3n2)cc1. The fraction of sp³-hybridized carbons (Fsp3) is 0.152. The minimum atomic E-state index is 0.407. The Bertz CT molecular complexity index is 1920. The van der Waals surface area contributed by atoms with Gasteiger partial charge in [-0.25, -0.2) is 24.9 Å². The van der Waals surface area contributed by atoms with E-state index in [1.54, 1.807) is 30.9 Å². The van der Waals surface area contributed by atoms with Gasteiger partial charge in [-0.1, -0.05) is 24.3 Å². The minimum absolute atomic E-state index is 0.407. The Balaban J connectivity index is 1.20.